The molecule has 1 saturated heterocycles. The highest BCUT2D eigenvalue weighted by Crippen LogP contribution is 2.24. The van der Waals surface area contributed by atoms with Crippen molar-refractivity contribution in [1.82, 2.24) is 14.5 Å². The summed E-state index contributed by atoms with van der Waals surface area (Å²) in [6.45, 7) is 11.9. The molecule has 0 aliphatic carbocycles. The fraction of sp³-hybridized carbons (Fsp3) is 0.607. The predicted molar refractivity (Wildman–Crippen MR) is 149 cm³/mol. The third-order valence-electron chi connectivity index (χ3n) is 6.57. The summed E-state index contributed by atoms with van der Waals surface area (Å²) < 4.78 is 12.8. The smallest absolute Gasteiger partial charge is 0.305 e. The lowest BCUT2D eigenvalue weighted by Crippen LogP contribution is -2.43. The number of anilines is 1. The number of nitrogens with zero attached hydrogens (tertiary/aromatic N) is 4. The van der Waals surface area contributed by atoms with Crippen molar-refractivity contribution in [3.8, 4) is 0 Å². The monoisotopic (exact) mass is 529 g/mol. The van der Waals surface area contributed by atoms with Crippen LogP contribution in [0.1, 0.15) is 52.5 Å². The fourth-order valence-corrected chi connectivity index (χ4v) is 4.41. The number of carbonyl (C=O) groups excluding carboxylic acids is 1. The van der Waals surface area contributed by atoms with Gasteiger partial charge in [0.05, 0.1) is 43.5 Å². The van der Waals surface area contributed by atoms with E-state index in [1.807, 2.05) is 49.6 Å². The summed E-state index contributed by atoms with van der Waals surface area (Å²) in [5, 5.41) is 24.2. The van der Waals surface area contributed by atoms with Gasteiger partial charge in [0.25, 0.3) is 0 Å². The zero-order valence-corrected chi connectivity index (χ0v) is 23.2. The molecule has 1 aromatic heterocycles. The Morgan fingerprint density at radius 2 is 2.24 bits per heavy atom. The lowest BCUT2D eigenvalue weighted by Gasteiger charge is -2.32. The third kappa shape index (κ3) is 8.90. The minimum atomic E-state index is -1.20. The van der Waals surface area contributed by atoms with Gasteiger partial charge in [0.15, 0.2) is 0 Å². The summed E-state index contributed by atoms with van der Waals surface area (Å²) in [5.74, 6) is 0.495. The van der Waals surface area contributed by atoms with Gasteiger partial charge in [0.2, 0.25) is 5.95 Å². The van der Waals surface area contributed by atoms with Gasteiger partial charge in [0, 0.05) is 44.5 Å². The van der Waals surface area contributed by atoms with Crippen LogP contribution >= 0.6 is 0 Å². The van der Waals surface area contributed by atoms with E-state index in [-0.39, 0.29) is 25.2 Å². The van der Waals surface area contributed by atoms with Crippen molar-refractivity contribution in [2.24, 2.45) is 4.99 Å². The molecule has 3 rings (SSSR count). The number of ether oxygens (including phenoxy) is 2. The van der Waals surface area contributed by atoms with Crippen LogP contribution in [0.4, 0.5) is 5.95 Å². The minimum absolute atomic E-state index is 0.0427. The molecule has 3 N–H and O–H groups in total. The number of carbonyl (C=O) groups is 1. The van der Waals surface area contributed by atoms with Gasteiger partial charge in [-0.2, -0.15) is 0 Å². The van der Waals surface area contributed by atoms with Crippen LogP contribution in [0.3, 0.4) is 0 Å². The molecule has 0 amide bonds. The van der Waals surface area contributed by atoms with E-state index in [2.05, 4.69) is 15.2 Å². The Morgan fingerprint density at radius 1 is 1.42 bits per heavy atom. The van der Waals surface area contributed by atoms with E-state index >= 15 is 0 Å². The zero-order valence-electron chi connectivity index (χ0n) is 23.2. The molecule has 1 aliphatic heterocycles. The van der Waals surface area contributed by atoms with Crippen molar-refractivity contribution in [3.05, 3.63) is 35.5 Å². The summed E-state index contributed by atoms with van der Waals surface area (Å²) in [4.78, 5) is 23.1. The molecule has 0 saturated carbocycles. The van der Waals surface area contributed by atoms with E-state index < -0.39 is 5.60 Å². The second-order valence-corrected chi connectivity index (χ2v) is 9.97. The van der Waals surface area contributed by atoms with E-state index in [0.29, 0.717) is 38.5 Å². The highest BCUT2D eigenvalue weighted by atomic mass is 16.5. The molecule has 210 valence electrons. The number of hydrogen-bond acceptors (Lipinski definition) is 9. The van der Waals surface area contributed by atoms with E-state index in [4.69, 9.17) is 14.5 Å². The number of benzene rings is 1. The number of morpholine rings is 1. The lowest BCUT2D eigenvalue weighted by atomic mass is 10.1. The largest absolute Gasteiger partial charge is 0.466 e. The van der Waals surface area contributed by atoms with Crippen molar-refractivity contribution < 1.29 is 24.5 Å². The molecular weight excluding hydrogens is 486 g/mol. The van der Waals surface area contributed by atoms with Crippen LogP contribution in [0, 0.1) is 0 Å². The Morgan fingerprint density at radius 3 is 2.97 bits per heavy atom. The van der Waals surface area contributed by atoms with Crippen LogP contribution in [0.5, 0.6) is 0 Å². The molecule has 38 heavy (non-hydrogen) atoms. The second kappa shape index (κ2) is 14.4. The number of nitrogens with one attached hydrogen (secondary N) is 1. The summed E-state index contributed by atoms with van der Waals surface area (Å²) in [7, 11) is 0. The number of aromatic nitrogens is 2. The average Bonchev–Trinajstić information content (AvgIpc) is 3.24. The Hall–Kier alpha value is -2.79. The fourth-order valence-electron chi connectivity index (χ4n) is 4.41. The maximum atomic E-state index is 11.7. The van der Waals surface area contributed by atoms with Crippen molar-refractivity contribution in [3.63, 3.8) is 0 Å². The number of aliphatic hydroxyl groups excluding tert-OH is 1. The van der Waals surface area contributed by atoms with Gasteiger partial charge in [-0.1, -0.05) is 12.1 Å². The Labute approximate surface area is 225 Å². The highest BCUT2D eigenvalue weighted by molar-refractivity contribution is 5.80. The number of aliphatic hydroxyl groups is 2. The van der Waals surface area contributed by atoms with Gasteiger partial charge in [0.1, 0.15) is 5.60 Å². The third-order valence-corrected chi connectivity index (χ3v) is 6.57. The Balaban J connectivity index is 1.62. The van der Waals surface area contributed by atoms with Gasteiger partial charge in [-0.15, -0.1) is 0 Å². The zero-order chi connectivity index (χ0) is 27.5. The van der Waals surface area contributed by atoms with Gasteiger partial charge in [-0.25, -0.2) is 4.98 Å². The molecule has 2 atom stereocenters. The molecule has 0 bridgehead atoms. The number of aliphatic imine (C=N–C) groups is 1. The van der Waals surface area contributed by atoms with Crippen LogP contribution in [0.2, 0.25) is 0 Å². The number of imidazole rings is 1. The summed E-state index contributed by atoms with van der Waals surface area (Å²) >= 11 is 0. The molecular formula is C28H43N5O5. The standard InChI is InChI=1S/C28H43N5O5/c1-5-21(3)30-19-28(4,36)20-33-25-16-22(18-34)8-10-24(25)31-27(33)29-12-7-13-32-14-15-38-23(17-32)9-11-26(35)37-6-2/h5,8,10,16,19,23,34,36H,6-7,9,11-15,17-18,20H2,1-4H3,(H,29,31)/b21-5-,30-19?. The van der Waals surface area contributed by atoms with Gasteiger partial charge in [-0.3, -0.25) is 14.7 Å². The molecule has 1 aromatic carbocycles. The van der Waals surface area contributed by atoms with Crippen molar-refractivity contribution in [1.29, 1.82) is 0 Å². The van der Waals surface area contributed by atoms with Crippen LogP contribution < -0.4 is 5.32 Å². The summed E-state index contributed by atoms with van der Waals surface area (Å²) in [5.41, 5.74) is 2.05. The van der Waals surface area contributed by atoms with Crippen LogP contribution in [0.15, 0.2) is 35.0 Å². The molecule has 2 heterocycles. The van der Waals surface area contributed by atoms with E-state index in [9.17, 15) is 15.0 Å². The normalized spacial score (nSPS) is 18.7. The average molecular weight is 530 g/mol. The molecule has 10 nitrogen and oxygen atoms in total. The van der Waals surface area contributed by atoms with E-state index in [1.54, 1.807) is 13.1 Å². The molecule has 1 aliphatic rings. The second-order valence-electron chi connectivity index (χ2n) is 9.97. The maximum absolute atomic E-state index is 11.7. The Kier molecular flexibility index (Phi) is 11.3. The molecule has 2 aromatic rings. The quantitative estimate of drug-likeness (QED) is 0.194. The first-order valence-corrected chi connectivity index (χ1v) is 13.5. The molecule has 1 fully saturated rings. The number of rotatable bonds is 14. The van der Waals surface area contributed by atoms with Gasteiger partial charge >= 0.3 is 5.97 Å². The van der Waals surface area contributed by atoms with Crippen LogP contribution in [0.25, 0.3) is 11.0 Å². The highest BCUT2D eigenvalue weighted by Gasteiger charge is 2.24. The number of hydrogen-bond donors (Lipinski definition) is 3. The first-order chi connectivity index (χ1) is 18.2. The topological polar surface area (TPSA) is 121 Å². The Bertz CT molecular complexity index is 1110. The van der Waals surface area contributed by atoms with Gasteiger partial charge in [-0.05, 0) is 58.2 Å². The van der Waals surface area contributed by atoms with E-state index in [0.717, 1.165) is 48.3 Å². The first-order valence-electron chi connectivity index (χ1n) is 13.5. The maximum Gasteiger partial charge on any atom is 0.305 e. The SMILES string of the molecule is C/C=C(/C)N=CC(C)(O)Cn1c(NCCCN2CCOC(CCC(=O)OCC)C2)nc2ccc(CO)cc21. The minimum Gasteiger partial charge on any atom is -0.466 e. The van der Waals surface area contributed by atoms with Crippen LogP contribution in [-0.2, 0) is 27.4 Å². The van der Waals surface area contributed by atoms with Crippen LogP contribution in [-0.4, -0.2) is 87.9 Å². The lowest BCUT2D eigenvalue weighted by molar-refractivity contribution is -0.144. The van der Waals surface area contributed by atoms with Crippen molar-refractivity contribution in [2.75, 3.05) is 44.7 Å². The summed E-state index contributed by atoms with van der Waals surface area (Å²) in [6, 6.07) is 5.65. The number of esters is 1. The van der Waals surface area contributed by atoms with Crippen molar-refractivity contribution >= 4 is 29.2 Å². The van der Waals surface area contributed by atoms with E-state index in [1.165, 1.54) is 0 Å². The first kappa shape index (κ1) is 29.8. The summed E-state index contributed by atoms with van der Waals surface area (Å²) in [6.07, 6.45) is 5.44. The molecule has 10 heteroatoms. The number of fused-ring (bicyclic) bond motifs is 1. The van der Waals surface area contributed by atoms with Crippen molar-refractivity contribution in [2.45, 2.75) is 71.8 Å². The van der Waals surface area contributed by atoms with Gasteiger partial charge < -0.3 is 29.6 Å². The predicted octanol–water partition coefficient (Wildman–Crippen LogP) is 3.12. The molecule has 0 spiro atoms. The number of allylic oxidation sites excluding steroid dienone is 2. The molecule has 2 unspecified atom stereocenters. The molecule has 0 radical (unpaired) electrons.